The van der Waals surface area contributed by atoms with Gasteiger partial charge in [-0.25, -0.2) is 0 Å². The van der Waals surface area contributed by atoms with E-state index in [4.69, 9.17) is 0 Å². The van der Waals surface area contributed by atoms with Crippen molar-refractivity contribution in [2.75, 3.05) is 0 Å². The van der Waals surface area contributed by atoms with Crippen LogP contribution in [-0.2, 0) is 6.42 Å². The minimum atomic E-state index is -0.0902. The summed E-state index contributed by atoms with van der Waals surface area (Å²) in [6.07, 6.45) is 4.50. The number of aromatic hydroxyl groups is 1. The molecule has 0 spiro atoms. The highest BCUT2D eigenvalue weighted by molar-refractivity contribution is 5.96. The van der Waals surface area contributed by atoms with E-state index in [-0.39, 0.29) is 11.5 Å². The summed E-state index contributed by atoms with van der Waals surface area (Å²) >= 11 is 0. The van der Waals surface area contributed by atoms with Crippen LogP contribution < -0.4 is 0 Å². The fraction of sp³-hybridized carbons (Fsp3) is 0.462. The van der Waals surface area contributed by atoms with Crippen LogP contribution in [0, 0.1) is 0 Å². The van der Waals surface area contributed by atoms with E-state index in [0.717, 1.165) is 18.4 Å². The molecule has 2 nitrogen and oxygen atoms in total. The molecule has 0 saturated carbocycles. The average molecular weight is 206 g/mol. The highest BCUT2D eigenvalue weighted by Crippen LogP contribution is 2.20. The largest absolute Gasteiger partial charge is 0.507 e. The maximum absolute atomic E-state index is 11.1. The number of phenolic OH excluding ortho intramolecular Hbond substituents is 1. The quantitative estimate of drug-likeness (QED) is 0.592. The lowest BCUT2D eigenvalue weighted by Crippen LogP contribution is -1.94. The fourth-order valence-electron chi connectivity index (χ4n) is 1.61. The van der Waals surface area contributed by atoms with Gasteiger partial charge in [0.15, 0.2) is 5.78 Å². The van der Waals surface area contributed by atoms with E-state index in [1.54, 1.807) is 12.1 Å². The van der Waals surface area contributed by atoms with Crippen LogP contribution >= 0.6 is 0 Å². The molecule has 0 aliphatic carbocycles. The first kappa shape index (κ1) is 11.8. The van der Waals surface area contributed by atoms with Crippen LogP contribution in [0.1, 0.15) is 49.0 Å². The number of hydrogen-bond donors (Lipinski definition) is 1. The van der Waals surface area contributed by atoms with Gasteiger partial charge in [-0.3, -0.25) is 4.79 Å². The second-order valence-electron chi connectivity index (χ2n) is 3.86. The molecule has 0 amide bonds. The summed E-state index contributed by atoms with van der Waals surface area (Å²) in [5.74, 6) is 0.0177. The van der Waals surface area contributed by atoms with Gasteiger partial charge < -0.3 is 5.11 Å². The van der Waals surface area contributed by atoms with Crippen LogP contribution in [0.4, 0.5) is 0 Å². The highest BCUT2D eigenvalue weighted by atomic mass is 16.3. The summed E-state index contributed by atoms with van der Waals surface area (Å²) in [7, 11) is 0. The molecular formula is C13H18O2. The lowest BCUT2D eigenvalue weighted by atomic mass is 10.0. The smallest absolute Gasteiger partial charge is 0.163 e. The van der Waals surface area contributed by atoms with Crippen LogP contribution in [0.5, 0.6) is 5.75 Å². The summed E-state index contributed by atoms with van der Waals surface area (Å²) in [5.41, 5.74) is 1.51. The van der Waals surface area contributed by atoms with Crippen molar-refractivity contribution in [3.8, 4) is 5.75 Å². The Morgan fingerprint density at radius 1 is 1.33 bits per heavy atom. The van der Waals surface area contributed by atoms with Crippen molar-refractivity contribution in [1.29, 1.82) is 0 Å². The van der Waals surface area contributed by atoms with E-state index in [0.29, 0.717) is 5.56 Å². The monoisotopic (exact) mass is 206 g/mol. The van der Waals surface area contributed by atoms with E-state index in [9.17, 15) is 9.90 Å². The van der Waals surface area contributed by atoms with Crippen LogP contribution in [0.3, 0.4) is 0 Å². The van der Waals surface area contributed by atoms with Gasteiger partial charge in [0, 0.05) is 0 Å². The number of hydrogen-bond acceptors (Lipinski definition) is 2. The van der Waals surface area contributed by atoms with Crippen molar-refractivity contribution < 1.29 is 9.90 Å². The third-order valence-electron chi connectivity index (χ3n) is 2.51. The topological polar surface area (TPSA) is 37.3 Å². The van der Waals surface area contributed by atoms with Crippen LogP contribution in [0.15, 0.2) is 18.2 Å². The Kier molecular flexibility index (Phi) is 4.35. The number of rotatable bonds is 5. The molecule has 0 fully saturated rings. The van der Waals surface area contributed by atoms with Gasteiger partial charge in [0.05, 0.1) is 5.56 Å². The summed E-state index contributed by atoms with van der Waals surface area (Å²) in [4.78, 5) is 11.1. The molecule has 15 heavy (non-hydrogen) atoms. The lowest BCUT2D eigenvalue weighted by molar-refractivity contribution is 0.101. The Morgan fingerprint density at radius 2 is 2.07 bits per heavy atom. The predicted molar refractivity (Wildman–Crippen MR) is 61.3 cm³/mol. The number of phenols is 1. The lowest BCUT2D eigenvalue weighted by Gasteiger charge is -2.04. The van der Waals surface area contributed by atoms with Crippen LogP contribution in [0.2, 0.25) is 0 Å². The Labute approximate surface area is 90.9 Å². The van der Waals surface area contributed by atoms with Gasteiger partial charge in [-0.05, 0) is 37.5 Å². The maximum Gasteiger partial charge on any atom is 0.163 e. The summed E-state index contributed by atoms with van der Waals surface area (Å²) in [6.45, 7) is 3.63. The summed E-state index contributed by atoms with van der Waals surface area (Å²) < 4.78 is 0. The Hall–Kier alpha value is -1.31. The molecule has 2 heteroatoms. The van der Waals surface area contributed by atoms with Crippen molar-refractivity contribution in [2.24, 2.45) is 0 Å². The number of ketones is 1. The maximum atomic E-state index is 11.1. The van der Waals surface area contributed by atoms with Crippen molar-refractivity contribution in [3.05, 3.63) is 29.3 Å². The molecule has 1 N–H and O–H groups in total. The van der Waals surface area contributed by atoms with Gasteiger partial charge in [0.1, 0.15) is 5.75 Å². The molecule has 1 rings (SSSR count). The molecule has 0 atom stereocenters. The first-order valence-corrected chi connectivity index (χ1v) is 5.48. The molecule has 0 heterocycles. The number of carbonyl (C=O) groups is 1. The Bertz CT molecular complexity index is 342. The highest BCUT2D eigenvalue weighted by Gasteiger charge is 2.06. The van der Waals surface area contributed by atoms with Gasteiger partial charge in [-0.1, -0.05) is 25.8 Å². The standard InChI is InChI=1S/C13H18O2/c1-3-4-5-6-11-7-8-12(10(2)14)13(15)9-11/h7-9,15H,3-6H2,1-2H3. The Morgan fingerprint density at radius 3 is 2.60 bits per heavy atom. The van der Waals surface area contributed by atoms with Crippen molar-refractivity contribution in [1.82, 2.24) is 0 Å². The molecular weight excluding hydrogens is 188 g/mol. The third kappa shape index (κ3) is 3.39. The number of carbonyl (C=O) groups excluding carboxylic acids is 1. The minimum absolute atomic E-state index is 0.0902. The predicted octanol–water partition coefficient (Wildman–Crippen LogP) is 3.33. The summed E-state index contributed by atoms with van der Waals surface area (Å²) in [5, 5.41) is 9.60. The zero-order valence-corrected chi connectivity index (χ0v) is 9.42. The van der Waals surface area contributed by atoms with E-state index >= 15 is 0 Å². The summed E-state index contributed by atoms with van der Waals surface area (Å²) in [6, 6.07) is 5.33. The molecule has 0 unspecified atom stereocenters. The zero-order valence-electron chi connectivity index (χ0n) is 9.42. The van der Waals surface area contributed by atoms with Crippen LogP contribution in [0.25, 0.3) is 0 Å². The zero-order chi connectivity index (χ0) is 11.3. The molecule has 0 saturated heterocycles. The van der Waals surface area contributed by atoms with Gasteiger partial charge in [-0.2, -0.15) is 0 Å². The second-order valence-corrected chi connectivity index (χ2v) is 3.86. The second kappa shape index (κ2) is 5.54. The van der Waals surface area contributed by atoms with E-state index < -0.39 is 0 Å². The van der Waals surface area contributed by atoms with Crippen molar-refractivity contribution >= 4 is 5.78 Å². The molecule has 0 aliphatic heterocycles. The minimum Gasteiger partial charge on any atom is -0.507 e. The number of Topliss-reactive ketones (excluding diaryl/α,β-unsaturated/α-hetero) is 1. The van der Waals surface area contributed by atoms with Crippen molar-refractivity contribution in [2.45, 2.75) is 39.5 Å². The number of unbranched alkanes of at least 4 members (excludes halogenated alkanes) is 2. The van der Waals surface area contributed by atoms with E-state index in [1.165, 1.54) is 19.8 Å². The molecule has 82 valence electrons. The number of benzene rings is 1. The van der Waals surface area contributed by atoms with Gasteiger partial charge in [-0.15, -0.1) is 0 Å². The first-order chi connectivity index (χ1) is 7.15. The molecule has 0 radical (unpaired) electrons. The molecule has 0 bridgehead atoms. The van der Waals surface area contributed by atoms with E-state index in [1.807, 2.05) is 6.07 Å². The molecule has 1 aromatic carbocycles. The van der Waals surface area contributed by atoms with Gasteiger partial charge in [0.2, 0.25) is 0 Å². The van der Waals surface area contributed by atoms with E-state index in [2.05, 4.69) is 6.92 Å². The van der Waals surface area contributed by atoms with Gasteiger partial charge in [0.25, 0.3) is 0 Å². The first-order valence-electron chi connectivity index (χ1n) is 5.48. The average Bonchev–Trinajstić information content (AvgIpc) is 2.17. The molecule has 0 aliphatic rings. The van der Waals surface area contributed by atoms with Gasteiger partial charge >= 0.3 is 0 Å². The van der Waals surface area contributed by atoms with Crippen LogP contribution in [-0.4, -0.2) is 10.9 Å². The SMILES string of the molecule is CCCCCc1ccc(C(C)=O)c(O)c1. The fourth-order valence-corrected chi connectivity index (χ4v) is 1.61. The number of aryl methyl sites for hydroxylation is 1. The molecule has 1 aromatic rings. The van der Waals surface area contributed by atoms with Crippen molar-refractivity contribution in [3.63, 3.8) is 0 Å². The Balaban J connectivity index is 2.69. The third-order valence-corrected chi connectivity index (χ3v) is 2.51. The normalized spacial score (nSPS) is 10.3. The molecule has 0 aromatic heterocycles.